The average molecular weight is 272 g/mol. The van der Waals surface area contributed by atoms with E-state index in [-0.39, 0.29) is 13.1 Å². The number of carbonyl (C=O) groups excluding carboxylic acids is 2. The Bertz CT molecular complexity index is 374. The lowest BCUT2D eigenvalue weighted by molar-refractivity contribution is -0.150. The largest absolute Gasteiger partial charge is 0.480 e. The Morgan fingerprint density at radius 3 is 2.47 bits per heavy atom. The second kappa shape index (κ2) is 6.26. The van der Waals surface area contributed by atoms with Crippen LogP contribution in [0.4, 0.5) is 9.59 Å². The molecule has 1 heterocycles. The van der Waals surface area contributed by atoms with E-state index >= 15 is 0 Å². The summed E-state index contributed by atoms with van der Waals surface area (Å²) in [7, 11) is 0. The van der Waals surface area contributed by atoms with Crippen LogP contribution in [0.25, 0.3) is 0 Å². The highest BCUT2D eigenvalue weighted by Crippen LogP contribution is 2.28. The lowest BCUT2D eigenvalue weighted by atomic mass is 9.89. The Balaban J connectivity index is 2.53. The lowest BCUT2D eigenvalue weighted by Crippen LogP contribution is -2.60. The second-order valence-corrected chi connectivity index (χ2v) is 4.71. The van der Waals surface area contributed by atoms with Crippen LogP contribution in [-0.2, 0) is 4.79 Å². The third-order valence-electron chi connectivity index (χ3n) is 3.30. The van der Waals surface area contributed by atoms with Crippen LogP contribution in [0.3, 0.4) is 0 Å². The van der Waals surface area contributed by atoms with Crippen LogP contribution in [0.15, 0.2) is 0 Å². The maximum absolute atomic E-state index is 12.0. The number of primary amides is 1. The van der Waals surface area contributed by atoms with Crippen molar-refractivity contribution in [3.8, 4) is 0 Å². The number of hydrogen-bond acceptors (Lipinski definition) is 3. The molecule has 1 fully saturated rings. The number of hydrogen-bond donors (Lipinski definition) is 4. The van der Waals surface area contributed by atoms with Crippen molar-refractivity contribution in [3.05, 3.63) is 0 Å². The summed E-state index contributed by atoms with van der Waals surface area (Å²) in [5.74, 6) is -1.00. The van der Waals surface area contributed by atoms with Crippen LogP contribution in [-0.4, -0.2) is 53.2 Å². The van der Waals surface area contributed by atoms with Gasteiger partial charge in [0, 0.05) is 19.6 Å². The standard InChI is InChI=1S/C11H20N4O4/c1-11(8(16)17)4-2-3-7-15(11)10(19)14-6-5-13-9(12)18/h2-7H2,1H3,(H,14,19)(H,16,17)(H3,12,13,18). The van der Waals surface area contributed by atoms with Crippen molar-refractivity contribution in [1.82, 2.24) is 15.5 Å². The number of nitrogens with two attached hydrogens (primary N) is 1. The highest BCUT2D eigenvalue weighted by Gasteiger charge is 2.43. The first kappa shape index (κ1) is 15.1. The van der Waals surface area contributed by atoms with E-state index in [1.54, 1.807) is 6.92 Å². The minimum Gasteiger partial charge on any atom is -0.480 e. The number of piperidine rings is 1. The van der Waals surface area contributed by atoms with E-state index in [0.717, 1.165) is 12.8 Å². The maximum atomic E-state index is 12.0. The highest BCUT2D eigenvalue weighted by atomic mass is 16.4. The molecule has 8 nitrogen and oxygen atoms in total. The average Bonchev–Trinajstić information content (AvgIpc) is 2.34. The number of likely N-dealkylation sites (tertiary alicyclic amines) is 1. The van der Waals surface area contributed by atoms with Crippen LogP contribution in [0.2, 0.25) is 0 Å². The molecule has 0 aromatic carbocycles. The molecule has 1 rings (SSSR count). The van der Waals surface area contributed by atoms with Crippen molar-refractivity contribution in [2.45, 2.75) is 31.7 Å². The molecule has 0 radical (unpaired) electrons. The minimum atomic E-state index is -1.17. The summed E-state index contributed by atoms with van der Waals surface area (Å²) >= 11 is 0. The van der Waals surface area contributed by atoms with Gasteiger partial charge in [0.2, 0.25) is 0 Å². The van der Waals surface area contributed by atoms with Crippen molar-refractivity contribution in [3.63, 3.8) is 0 Å². The van der Waals surface area contributed by atoms with Gasteiger partial charge in [0.25, 0.3) is 0 Å². The first-order valence-electron chi connectivity index (χ1n) is 6.20. The molecule has 1 aliphatic rings. The molecule has 1 unspecified atom stereocenters. The van der Waals surface area contributed by atoms with E-state index in [1.165, 1.54) is 4.90 Å². The number of carboxylic acids is 1. The van der Waals surface area contributed by atoms with Crippen molar-refractivity contribution >= 4 is 18.0 Å². The van der Waals surface area contributed by atoms with Gasteiger partial charge < -0.3 is 26.4 Å². The van der Waals surface area contributed by atoms with Gasteiger partial charge in [-0.05, 0) is 26.2 Å². The van der Waals surface area contributed by atoms with Gasteiger partial charge in [-0.15, -0.1) is 0 Å². The van der Waals surface area contributed by atoms with Gasteiger partial charge in [-0.25, -0.2) is 14.4 Å². The van der Waals surface area contributed by atoms with E-state index in [1.807, 2.05) is 0 Å². The fourth-order valence-corrected chi connectivity index (χ4v) is 2.12. The van der Waals surface area contributed by atoms with Crippen LogP contribution in [0.5, 0.6) is 0 Å². The summed E-state index contributed by atoms with van der Waals surface area (Å²) in [5, 5.41) is 14.2. The second-order valence-electron chi connectivity index (χ2n) is 4.71. The first-order valence-corrected chi connectivity index (χ1v) is 6.20. The van der Waals surface area contributed by atoms with Crippen molar-refractivity contribution in [2.24, 2.45) is 5.73 Å². The number of nitrogens with zero attached hydrogens (tertiary/aromatic N) is 1. The molecule has 1 aliphatic heterocycles. The Hall–Kier alpha value is -1.99. The summed E-state index contributed by atoms with van der Waals surface area (Å²) in [5.41, 5.74) is 3.72. The molecule has 0 spiro atoms. The predicted molar refractivity (Wildman–Crippen MR) is 67.6 cm³/mol. The monoisotopic (exact) mass is 272 g/mol. The number of urea groups is 2. The molecular formula is C11H20N4O4. The van der Waals surface area contributed by atoms with E-state index in [0.29, 0.717) is 13.0 Å². The van der Waals surface area contributed by atoms with Gasteiger partial charge >= 0.3 is 18.0 Å². The quantitative estimate of drug-likeness (QED) is 0.524. The van der Waals surface area contributed by atoms with Crippen LogP contribution < -0.4 is 16.4 Å². The summed E-state index contributed by atoms with van der Waals surface area (Å²) in [6.45, 7) is 2.38. The van der Waals surface area contributed by atoms with Gasteiger partial charge in [0.15, 0.2) is 0 Å². The third-order valence-corrected chi connectivity index (χ3v) is 3.30. The Kier molecular flexibility index (Phi) is 4.96. The molecule has 0 saturated carbocycles. The van der Waals surface area contributed by atoms with E-state index < -0.39 is 23.6 Å². The highest BCUT2D eigenvalue weighted by molar-refractivity contribution is 5.86. The van der Waals surface area contributed by atoms with Gasteiger partial charge in [-0.1, -0.05) is 0 Å². The fraction of sp³-hybridized carbons (Fsp3) is 0.727. The summed E-state index contributed by atoms with van der Waals surface area (Å²) < 4.78 is 0. The molecule has 8 heteroatoms. The van der Waals surface area contributed by atoms with E-state index in [2.05, 4.69) is 10.6 Å². The number of amides is 4. The molecule has 0 bridgehead atoms. The third kappa shape index (κ3) is 3.73. The lowest BCUT2D eigenvalue weighted by Gasteiger charge is -2.41. The van der Waals surface area contributed by atoms with Crippen molar-refractivity contribution < 1.29 is 19.5 Å². The molecule has 4 amide bonds. The number of carboxylic acid groups (broad SMARTS) is 1. The Labute approximate surface area is 111 Å². The molecule has 1 atom stereocenters. The predicted octanol–water partition coefficient (Wildman–Crippen LogP) is -0.306. The van der Waals surface area contributed by atoms with E-state index in [4.69, 9.17) is 5.73 Å². The molecule has 108 valence electrons. The molecule has 19 heavy (non-hydrogen) atoms. The van der Waals surface area contributed by atoms with Crippen molar-refractivity contribution in [1.29, 1.82) is 0 Å². The maximum Gasteiger partial charge on any atom is 0.329 e. The number of rotatable bonds is 4. The zero-order valence-electron chi connectivity index (χ0n) is 10.9. The fourth-order valence-electron chi connectivity index (χ4n) is 2.12. The smallest absolute Gasteiger partial charge is 0.329 e. The van der Waals surface area contributed by atoms with Gasteiger partial charge in [0.1, 0.15) is 5.54 Å². The van der Waals surface area contributed by atoms with Gasteiger partial charge in [0.05, 0.1) is 0 Å². The molecule has 5 N–H and O–H groups in total. The Morgan fingerprint density at radius 1 is 1.26 bits per heavy atom. The normalized spacial score (nSPS) is 22.7. The summed E-state index contributed by atoms with van der Waals surface area (Å²) in [4.78, 5) is 35.1. The Morgan fingerprint density at radius 2 is 1.89 bits per heavy atom. The van der Waals surface area contributed by atoms with Crippen LogP contribution >= 0.6 is 0 Å². The summed E-state index contributed by atoms with van der Waals surface area (Å²) in [6.07, 6.45) is 2.01. The topological polar surface area (TPSA) is 125 Å². The van der Waals surface area contributed by atoms with E-state index in [9.17, 15) is 19.5 Å². The number of nitrogens with one attached hydrogen (secondary N) is 2. The number of aliphatic carboxylic acids is 1. The zero-order chi connectivity index (χ0) is 14.5. The van der Waals surface area contributed by atoms with Gasteiger partial charge in [-0.3, -0.25) is 0 Å². The molecular weight excluding hydrogens is 252 g/mol. The van der Waals surface area contributed by atoms with Crippen LogP contribution in [0.1, 0.15) is 26.2 Å². The SMILES string of the molecule is CC1(C(=O)O)CCCCN1C(=O)NCCNC(N)=O. The van der Waals surface area contributed by atoms with Crippen LogP contribution in [0, 0.1) is 0 Å². The molecule has 0 aromatic heterocycles. The minimum absolute atomic E-state index is 0.202. The molecule has 0 aromatic rings. The zero-order valence-corrected chi connectivity index (χ0v) is 10.9. The number of carbonyl (C=O) groups is 3. The molecule has 0 aliphatic carbocycles. The molecule has 1 saturated heterocycles. The first-order chi connectivity index (χ1) is 8.88. The summed E-state index contributed by atoms with van der Waals surface area (Å²) in [6, 6.07) is -1.10. The van der Waals surface area contributed by atoms with Crippen molar-refractivity contribution in [2.75, 3.05) is 19.6 Å². The van der Waals surface area contributed by atoms with Gasteiger partial charge in [-0.2, -0.15) is 0 Å².